The SMILES string of the molecule is Cc1cc(Sc2nnc(NCc3ccco3)s2)c(C#N)c(C)n1. The Hall–Kier alpha value is -2.37. The molecular formula is C15H13N5OS2. The predicted octanol–water partition coefficient (Wildman–Crippen LogP) is 3.78. The van der Waals surface area contributed by atoms with Crippen LogP contribution in [-0.2, 0) is 6.54 Å². The molecule has 0 amide bonds. The van der Waals surface area contributed by atoms with Gasteiger partial charge in [0, 0.05) is 10.6 Å². The second-order valence-electron chi connectivity index (χ2n) is 4.74. The van der Waals surface area contributed by atoms with E-state index in [1.54, 1.807) is 6.26 Å². The van der Waals surface area contributed by atoms with Crippen molar-refractivity contribution in [3.8, 4) is 6.07 Å². The summed E-state index contributed by atoms with van der Waals surface area (Å²) in [5.41, 5.74) is 2.20. The van der Waals surface area contributed by atoms with Gasteiger partial charge in [-0.05, 0) is 32.0 Å². The smallest absolute Gasteiger partial charge is 0.206 e. The Labute approximate surface area is 141 Å². The van der Waals surface area contributed by atoms with E-state index in [1.165, 1.54) is 23.1 Å². The van der Waals surface area contributed by atoms with Gasteiger partial charge in [0.05, 0.1) is 24.1 Å². The molecule has 6 nitrogen and oxygen atoms in total. The molecule has 0 aliphatic carbocycles. The highest BCUT2D eigenvalue weighted by Gasteiger charge is 2.13. The number of nitriles is 1. The molecule has 0 aliphatic heterocycles. The van der Waals surface area contributed by atoms with Crippen molar-refractivity contribution in [2.75, 3.05) is 5.32 Å². The average molecular weight is 343 g/mol. The second-order valence-corrected chi connectivity index (χ2v) is 7.01. The van der Waals surface area contributed by atoms with E-state index in [-0.39, 0.29) is 0 Å². The van der Waals surface area contributed by atoms with E-state index in [4.69, 9.17) is 4.42 Å². The van der Waals surface area contributed by atoms with E-state index in [0.717, 1.165) is 26.4 Å². The van der Waals surface area contributed by atoms with Gasteiger partial charge in [-0.1, -0.05) is 23.1 Å². The zero-order valence-electron chi connectivity index (χ0n) is 12.5. The van der Waals surface area contributed by atoms with Crippen molar-refractivity contribution in [1.82, 2.24) is 15.2 Å². The van der Waals surface area contributed by atoms with Crippen molar-refractivity contribution in [3.05, 3.63) is 47.2 Å². The maximum Gasteiger partial charge on any atom is 0.206 e. The van der Waals surface area contributed by atoms with Crippen LogP contribution in [0, 0.1) is 25.2 Å². The van der Waals surface area contributed by atoms with Crippen LogP contribution in [0.5, 0.6) is 0 Å². The first-order valence-corrected chi connectivity index (χ1v) is 8.45. The summed E-state index contributed by atoms with van der Waals surface area (Å²) in [5.74, 6) is 0.835. The summed E-state index contributed by atoms with van der Waals surface area (Å²) in [5, 5.41) is 21.4. The zero-order chi connectivity index (χ0) is 16.2. The Kier molecular flexibility index (Phi) is 4.60. The minimum Gasteiger partial charge on any atom is -0.467 e. The Morgan fingerprint density at radius 1 is 1.39 bits per heavy atom. The van der Waals surface area contributed by atoms with Crippen LogP contribution in [0.25, 0.3) is 0 Å². The van der Waals surface area contributed by atoms with Gasteiger partial charge < -0.3 is 9.73 Å². The fraction of sp³-hybridized carbons (Fsp3) is 0.200. The monoisotopic (exact) mass is 343 g/mol. The van der Waals surface area contributed by atoms with Crippen LogP contribution in [-0.4, -0.2) is 15.2 Å². The molecule has 3 aromatic rings. The third kappa shape index (κ3) is 3.70. The summed E-state index contributed by atoms with van der Waals surface area (Å²) in [6.07, 6.45) is 1.63. The molecule has 3 rings (SSSR count). The summed E-state index contributed by atoms with van der Waals surface area (Å²) in [4.78, 5) is 5.17. The molecule has 0 atom stereocenters. The van der Waals surface area contributed by atoms with Crippen molar-refractivity contribution >= 4 is 28.2 Å². The maximum absolute atomic E-state index is 9.30. The lowest BCUT2D eigenvalue weighted by Gasteiger charge is -2.05. The van der Waals surface area contributed by atoms with Crippen LogP contribution >= 0.6 is 23.1 Å². The molecule has 1 N–H and O–H groups in total. The minimum absolute atomic E-state index is 0.559. The highest BCUT2D eigenvalue weighted by Crippen LogP contribution is 2.34. The lowest BCUT2D eigenvalue weighted by atomic mass is 10.2. The van der Waals surface area contributed by atoms with Gasteiger partial charge in [-0.25, -0.2) is 0 Å². The topological polar surface area (TPSA) is 87.6 Å². The van der Waals surface area contributed by atoms with Crippen molar-refractivity contribution < 1.29 is 4.42 Å². The highest BCUT2D eigenvalue weighted by molar-refractivity contribution is 8.01. The zero-order valence-corrected chi connectivity index (χ0v) is 14.2. The van der Waals surface area contributed by atoms with Crippen LogP contribution < -0.4 is 5.32 Å². The number of aromatic nitrogens is 3. The predicted molar refractivity (Wildman–Crippen MR) is 88.5 cm³/mol. The normalized spacial score (nSPS) is 10.5. The number of aryl methyl sites for hydroxylation is 2. The Bertz CT molecular complexity index is 851. The van der Waals surface area contributed by atoms with Crippen molar-refractivity contribution in [2.24, 2.45) is 0 Å². The molecule has 0 aliphatic rings. The highest BCUT2D eigenvalue weighted by atomic mass is 32.2. The van der Waals surface area contributed by atoms with Crippen LogP contribution in [0.15, 0.2) is 38.1 Å². The first kappa shape index (κ1) is 15.5. The van der Waals surface area contributed by atoms with Crippen molar-refractivity contribution in [2.45, 2.75) is 29.6 Å². The number of pyridine rings is 1. The Balaban J connectivity index is 1.73. The fourth-order valence-electron chi connectivity index (χ4n) is 2.00. The van der Waals surface area contributed by atoms with Gasteiger partial charge in [-0.3, -0.25) is 4.98 Å². The van der Waals surface area contributed by atoms with Crippen molar-refractivity contribution in [1.29, 1.82) is 5.26 Å². The summed E-state index contributed by atoms with van der Waals surface area (Å²) in [7, 11) is 0. The van der Waals surface area contributed by atoms with Crippen molar-refractivity contribution in [3.63, 3.8) is 0 Å². The first-order valence-electron chi connectivity index (χ1n) is 6.81. The number of anilines is 1. The minimum atomic E-state index is 0.559. The van der Waals surface area contributed by atoms with Crippen LogP contribution in [0.2, 0.25) is 0 Å². The summed E-state index contributed by atoms with van der Waals surface area (Å²) in [6, 6.07) is 7.84. The Morgan fingerprint density at radius 3 is 3.00 bits per heavy atom. The van der Waals surface area contributed by atoms with Gasteiger partial charge in [0.25, 0.3) is 0 Å². The number of furan rings is 1. The number of rotatable bonds is 5. The van der Waals surface area contributed by atoms with Gasteiger partial charge in [-0.15, -0.1) is 10.2 Å². The van der Waals surface area contributed by atoms with Crippen LogP contribution in [0.4, 0.5) is 5.13 Å². The molecule has 23 heavy (non-hydrogen) atoms. The van der Waals surface area contributed by atoms with E-state index < -0.39 is 0 Å². The quantitative estimate of drug-likeness (QED) is 0.754. The van der Waals surface area contributed by atoms with Gasteiger partial charge in [0.15, 0.2) is 4.34 Å². The molecule has 0 radical (unpaired) electrons. The molecule has 0 bridgehead atoms. The van der Waals surface area contributed by atoms with Gasteiger partial charge in [0.1, 0.15) is 11.8 Å². The van der Waals surface area contributed by atoms with Gasteiger partial charge in [0.2, 0.25) is 5.13 Å². The van der Waals surface area contributed by atoms with Gasteiger partial charge in [-0.2, -0.15) is 5.26 Å². The second kappa shape index (κ2) is 6.81. The lowest BCUT2D eigenvalue weighted by molar-refractivity contribution is 0.518. The molecule has 3 heterocycles. The molecule has 116 valence electrons. The largest absolute Gasteiger partial charge is 0.467 e. The summed E-state index contributed by atoms with van der Waals surface area (Å²) in [6.45, 7) is 4.31. The van der Waals surface area contributed by atoms with E-state index in [1.807, 2.05) is 32.0 Å². The summed E-state index contributed by atoms with van der Waals surface area (Å²) >= 11 is 2.87. The third-order valence-electron chi connectivity index (χ3n) is 3.00. The van der Waals surface area contributed by atoms with Gasteiger partial charge >= 0.3 is 0 Å². The first-order chi connectivity index (χ1) is 11.2. The maximum atomic E-state index is 9.30. The lowest BCUT2D eigenvalue weighted by Crippen LogP contribution is -1.96. The van der Waals surface area contributed by atoms with E-state index >= 15 is 0 Å². The van der Waals surface area contributed by atoms with E-state index in [2.05, 4.69) is 26.6 Å². The number of hydrogen-bond donors (Lipinski definition) is 1. The molecule has 0 saturated heterocycles. The van der Waals surface area contributed by atoms with Crippen LogP contribution in [0.1, 0.15) is 22.7 Å². The standard InChI is InChI=1S/C15H13N5OS2/c1-9-6-13(12(7-16)10(2)18-9)22-15-20-19-14(23-15)17-8-11-4-3-5-21-11/h3-6H,8H2,1-2H3,(H,17,19). The van der Waals surface area contributed by atoms with Crippen LogP contribution in [0.3, 0.4) is 0 Å². The third-order valence-corrected chi connectivity index (χ3v) is 4.98. The number of nitrogens with zero attached hydrogens (tertiary/aromatic N) is 4. The van der Waals surface area contributed by atoms with E-state index in [9.17, 15) is 5.26 Å². The molecule has 3 aromatic heterocycles. The van der Waals surface area contributed by atoms with E-state index in [0.29, 0.717) is 17.2 Å². The molecule has 0 saturated carbocycles. The molecular weight excluding hydrogens is 330 g/mol. The summed E-state index contributed by atoms with van der Waals surface area (Å²) < 4.78 is 6.03. The molecule has 8 heteroatoms. The average Bonchev–Trinajstić information content (AvgIpc) is 3.16. The number of nitrogens with one attached hydrogen (secondary N) is 1. The molecule has 0 fully saturated rings. The molecule has 0 unspecified atom stereocenters. The molecule has 0 aromatic carbocycles. The number of hydrogen-bond acceptors (Lipinski definition) is 8. The molecule has 0 spiro atoms. The fourth-order valence-corrected chi connectivity index (χ4v) is 3.94. The Morgan fingerprint density at radius 2 is 2.26 bits per heavy atom.